The Labute approximate surface area is 114 Å². The van der Waals surface area contributed by atoms with Crippen molar-refractivity contribution in [2.24, 2.45) is 0 Å². The number of hydrogen-bond donors (Lipinski definition) is 1. The van der Waals surface area contributed by atoms with Crippen LogP contribution in [0.3, 0.4) is 0 Å². The molecule has 2 rings (SSSR count). The topological polar surface area (TPSA) is 74.3 Å². The van der Waals surface area contributed by atoms with E-state index in [1.807, 2.05) is 0 Å². The molecule has 1 aliphatic heterocycles. The number of morpholine rings is 1. The van der Waals surface area contributed by atoms with E-state index in [0.717, 1.165) is 0 Å². The molecule has 7 nitrogen and oxygen atoms in total. The quantitative estimate of drug-likeness (QED) is 0.807. The highest BCUT2D eigenvalue weighted by molar-refractivity contribution is 5.81. The van der Waals surface area contributed by atoms with Gasteiger partial charge in [0, 0.05) is 13.6 Å². The van der Waals surface area contributed by atoms with E-state index in [2.05, 4.69) is 15.2 Å². The number of carbonyl (C=O) groups is 1. The van der Waals surface area contributed by atoms with Crippen LogP contribution in [0.15, 0.2) is 6.33 Å². The average molecular weight is 289 g/mol. The van der Waals surface area contributed by atoms with Crippen molar-refractivity contribution >= 4 is 5.91 Å². The number of likely N-dealkylation sites (N-methyl/N-ethyl adjacent to an activating group) is 1. The van der Waals surface area contributed by atoms with Crippen molar-refractivity contribution in [1.82, 2.24) is 25.0 Å². The largest absolute Gasteiger partial charge is 0.378 e. The normalized spacial score (nSPS) is 20.3. The third kappa shape index (κ3) is 3.70. The van der Waals surface area contributed by atoms with Crippen LogP contribution in [0, 0.1) is 0 Å². The van der Waals surface area contributed by atoms with Gasteiger partial charge in [0.2, 0.25) is 5.91 Å². The third-order valence-electron chi connectivity index (χ3n) is 3.12. The summed E-state index contributed by atoms with van der Waals surface area (Å²) in [5, 5.41) is 6.34. The predicted molar refractivity (Wildman–Crippen MR) is 65.0 cm³/mol. The summed E-state index contributed by atoms with van der Waals surface area (Å²) >= 11 is 0. The van der Waals surface area contributed by atoms with Crippen LogP contribution in [-0.4, -0.2) is 76.7 Å². The van der Waals surface area contributed by atoms with Gasteiger partial charge in [-0.15, -0.1) is 0 Å². The fourth-order valence-corrected chi connectivity index (χ4v) is 2.13. The average Bonchev–Trinajstić information content (AvgIpc) is 2.90. The van der Waals surface area contributed by atoms with Gasteiger partial charge in [-0.3, -0.25) is 14.8 Å². The summed E-state index contributed by atoms with van der Waals surface area (Å²) in [6, 6.07) is -0.675. The Bertz CT molecular complexity index is 428. The van der Waals surface area contributed by atoms with Crippen molar-refractivity contribution < 1.29 is 18.3 Å². The van der Waals surface area contributed by atoms with Crippen molar-refractivity contribution in [2.75, 3.05) is 33.4 Å². The van der Waals surface area contributed by atoms with Gasteiger partial charge in [0.25, 0.3) is 6.43 Å². The first-order valence-corrected chi connectivity index (χ1v) is 6.27. The lowest BCUT2D eigenvalue weighted by Gasteiger charge is -2.36. The van der Waals surface area contributed by atoms with Crippen molar-refractivity contribution in [3.8, 4) is 0 Å². The molecule has 1 N–H and O–H groups in total. The second-order valence-electron chi connectivity index (χ2n) is 4.60. The molecule has 1 amide bonds. The van der Waals surface area contributed by atoms with Gasteiger partial charge in [0.15, 0.2) is 0 Å². The number of nitrogens with zero attached hydrogens (tertiary/aromatic N) is 4. The molecule has 0 radical (unpaired) electrons. The molecule has 0 saturated carbocycles. The first-order valence-electron chi connectivity index (χ1n) is 6.27. The maximum absolute atomic E-state index is 12.5. The van der Waals surface area contributed by atoms with E-state index in [0.29, 0.717) is 19.0 Å². The van der Waals surface area contributed by atoms with Gasteiger partial charge < -0.3 is 9.64 Å². The lowest BCUT2D eigenvalue weighted by molar-refractivity contribution is -0.143. The van der Waals surface area contributed by atoms with E-state index >= 15 is 0 Å². The van der Waals surface area contributed by atoms with Gasteiger partial charge in [0.1, 0.15) is 18.2 Å². The minimum absolute atomic E-state index is 0.131. The molecule has 1 unspecified atom stereocenters. The second-order valence-corrected chi connectivity index (χ2v) is 4.60. The molecule has 2 heterocycles. The zero-order chi connectivity index (χ0) is 14.5. The Morgan fingerprint density at radius 2 is 2.50 bits per heavy atom. The molecule has 1 aromatic rings. The standard InChI is InChI=1S/C11H17F2N5O2/c1-17(5-10-14-7-15-16-10)11(19)8-6-20-3-2-18(8)4-9(12)13/h7-9H,2-6H2,1H3,(H,14,15,16). The van der Waals surface area contributed by atoms with Crippen molar-refractivity contribution in [3.63, 3.8) is 0 Å². The van der Waals surface area contributed by atoms with Crippen LogP contribution in [0.4, 0.5) is 8.78 Å². The van der Waals surface area contributed by atoms with Crippen LogP contribution < -0.4 is 0 Å². The smallest absolute Gasteiger partial charge is 0.251 e. The number of carbonyl (C=O) groups excluding carboxylic acids is 1. The predicted octanol–water partition coefficient (Wildman–Crippen LogP) is -0.271. The summed E-state index contributed by atoms with van der Waals surface area (Å²) in [6.07, 6.45) is -1.12. The van der Waals surface area contributed by atoms with E-state index in [9.17, 15) is 13.6 Å². The SMILES string of the molecule is CN(Cc1ncn[nH]1)C(=O)C1COCCN1CC(F)F. The summed E-state index contributed by atoms with van der Waals surface area (Å²) in [5.74, 6) is 0.278. The number of ether oxygens (including phenoxy) is 1. The van der Waals surface area contributed by atoms with Crippen LogP contribution in [0.1, 0.15) is 5.82 Å². The van der Waals surface area contributed by atoms with E-state index in [1.165, 1.54) is 16.1 Å². The summed E-state index contributed by atoms with van der Waals surface area (Å²) in [5.41, 5.74) is 0. The second kappa shape index (κ2) is 6.71. The molecule has 0 aliphatic carbocycles. The maximum Gasteiger partial charge on any atom is 0.251 e. The summed E-state index contributed by atoms with van der Waals surface area (Å²) < 4.78 is 30.3. The zero-order valence-corrected chi connectivity index (χ0v) is 11.1. The number of aromatic amines is 1. The van der Waals surface area contributed by atoms with Gasteiger partial charge in [0.05, 0.1) is 26.3 Å². The molecule has 1 aliphatic rings. The first-order chi connectivity index (χ1) is 9.58. The highest BCUT2D eigenvalue weighted by atomic mass is 19.3. The molecular weight excluding hydrogens is 272 g/mol. The monoisotopic (exact) mass is 289 g/mol. The molecular formula is C11H17F2N5O2. The molecule has 0 spiro atoms. The number of hydrogen-bond acceptors (Lipinski definition) is 5. The Morgan fingerprint density at radius 3 is 3.15 bits per heavy atom. The van der Waals surface area contributed by atoms with Gasteiger partial charge in [-0.05, 0) is 0 Å². The summed E-state index contributed by atoms with van der Waals surface area (Å²) in [7, 11) is 1.60. The number of amides is 1. The van der Waals surface area contributed by atoms with Crippen molar-refractivity contribution in [2.45, 2.75) is 19.0 Å². The molecule has 112 valence electrons. The Hall–Kier alpha value is -1.61. The Balaban J connectivity index is 1.97. The maximum atomic E-state index is 12.5. The Morgan fingerprint density at radius 1 is 1.70 bits per heavy atom. The van der Waals surface area contributed by atoms with Gasteiger partial charge >= 0.3 is 0 Å². The first kappa shape index (κ1) is 14.8. The van der Waals surface area contributed by atoms with Gasteiger partial charge in [-0.25, -0.2) is 13.8 Å². The molecule has 1 atom stereocenters. The zero-order valence-electron chi connectivity index (χ0n) is 11.1. The highest BCUT2D eigenvalue weighted by Crippen LogP contribution is 2.12. The molecule has 20 heavy (non-hydrogen) atoms. The number of halogens is 2. The van der Waals surface area contributed by atoms with E-state index in [1.54, 1.807) is 7.05 Å². The summed E-state index contributed by atoms with van der Waals surface area (Å²) in [6.45, 7) is 0.652. The van der Waals surface area contributed by atoms with E-state index in [-0.39, 0.29) is 19.1 Å². The summed E-state index contributed by atoms with van der Waals surface area (Å²) in [4.78, 5) is 19.1. The van der Waals surface area contributed by atoms with Crippen LogP contribution in [-0.2, 0) is 16.1 Å². The van der Waals surface area contributed by atoms with Gasteiger partial charge in [-0.1, -0.05) is 0 Å². The lowest BCUT2D eigenvalue weighted by atomic mass is 10.2. The fraction of sp³-hybridized carbons (Fsp3) is 0.727. The Kier molecular flexibility index (Phi) is 4.96. The molecule has 9 heteroatoms. The van der Waals surface area contributed by atoms with Crippen LogP contribution in [0.2, 0.25) is 0 Å². The van der Waals surface area contributed by atoms with Crippen LogP contribution in [0.25, 0.3) is 0 Å². The third-order valence-corrected chi connectivity index (χ3v) is 3.12. The van der Waals surface area contributed by atoms with Crippen LogP contribution in [0.5, 0.6) is 0 Å². The number of rotatable bonds is 5. The molecule has 0 aromatic carbocycles. The number of nitrogens with one attached hydrogen (secondary N) is 1. The van der Waals surface area contributed by atoms with Crippen molar-refractivity contribution in [3.05, 3.63) is 12.2 Å². The minimum Gasteiger partial charge on any atom is -0.378 e. The number of aromatic nitrogens is 3. The molecule has 1 fully saturated rings. The highest BCUT2D eigenvalue weighted by Gasteiger charge is 2.33. The fourth-order valence-electron chi connectivity index (χ4n) is 2.13. The van der Waals surface area contributed by atoms with Gasteiger partial charge in [-0.2, -0.15) is 5.10 Å². The van der Waals surface area contributed by atoms with Crippen LogP contribution >= 0.6 is 0 Å². The van der Waals surface area contributed by atoms with E-state index < -0.39 is 19.0 Å². The van der Waals surface area contributed by atoms with Crippen molar-refractivity contribution in [1.29, 1.82) is 0 Å². The lowest BCUT2D eigenvalue weighted by Crippen LogP contribution is -2.55. The molecule has 1 saturated heterocycles. The molecule has 1 aromatic heterocycles. The minimum atomic E-state index is -2.47. The molecule has 0 bridgehead atoms. The number of alkyl halides is 2. The number of H-pyrrole nitrogens is 1. The van der Waals surface area contributed by atoms with E-state index in [4.69, 9.17) is 4.74 Å².